The van der Waals surface area contributed by atoms with Crippen molar-refractivity contribution in [3.8, 4) is 11.5 Å². The molecule has 0 aliphatic heterocycles. The van der Waals surface area contributed by atoms with Crippen molar-refractivity contribution in [2.24, 2.45) is 0 Å². The van der Waals surface area contributed by atoms with Crippen molar-refractivity contribution in [2.45, 2.75) is 37.0 Å². The summed E-state index contributed by atoms with van der Waals surface area (Å²) in [6, 6.07) is 15.7. The van der Waals surface area contributed by atoms with E-state index in [1.807, 2.05) is 6.07 Å². The van der Waals surface area contributed by atoms with Gasteiger partial charge in [0.2, 0.25) is 15.9 Å². The molecule has 166 valence electrons. The normalized spacial score (nSPS) is 13.2. The number of nitrogens with zero attached hydrogens (tertiary/aromatic N) is 1. The van der Waals surface area contributed by atoms with E-state index in [0.29, 0.717) is 17.2 Å². The summed E-state index contributed by atoms with van der Waals surface area (Å²) >= 11 is 0. The molecule has 4 rings (SSSR count). The lowest BCUT2D eigenvalue weighted by Gasteiger charge is -2.16. The largest absolute Gasteiger partial charge is 0.457 e. The lowest BCUT2D eigenvalue weighted by Crippen LogP contribution is -2.28. The Morgan fingerprint density at radius 3 is 2.34 bits per heavy atom. The summed E-state index contributed by atoms with van der Waals surface area (Å²) in [4.78, 5) is 16.4. The SMILES string of the molecule is O=C(CCNS(=O)(=O)c1ccc2c(c1)CCCC2)Nc1ccc(Oc2ccncc2)cc1. The van der Waals surface area contributed by atoms with E-state index in [1.165, 1.54) is 5.56 Å². The summed E-state index contributed by atoms with van der Waals surface area (Å²) in [6.45, 7) is 0.0223. The average molecular weight is 452 g/mol. The molecule has 0 saturated heterocycles. The third kappa shape index (κ3) is 5.72. The van der Waals surface area contributed by atoms with Gasteiger partial charge in [-0.05, 0) is 85.3 Å². The van der Waals surface area contributed by atoms with Crippen LogP contribution < -0.4 is 14.8 Å². The molecule has 0 atom stereocenters. The molecule has 0 fully saturated rings. The van der Waals surface area contributed by atoms with Crippen LogP contribution in [-0.4, -0.2) is 25.9 Å². The highest BCUT2D eigenvalue weighted by Gasteiger charge is 2.18. The molecule has 2 aromatic carbocycles. The molecule has 0 bridgehead atoms. The summed E-state index contributed by atoms with van der Waals surface area (Å²) in [5.74, 6) is 1.02. The van der Waals surface area contributed by atoms with Crippen LogP contribution in [0.2, 0.25) is 0 Å². The number of ether oxygens (including phenoxy) is 1. The number of carbonyl (C=O) groups excluding carboxylic acids is 1. The molecule has 0 saturated carbocycles. The molecule has 0 spiro atoms. The van der Waals surface area contributed by atoms with Crippen molar-refractivity contribution >= 4 is 21.6 Å². The molecule has 3 aromatic rings. The van der Waals surface area contributed by atoms with Gasteiger partial charge < -0.3 is 10.1 Å². The Kier molecular flexibility index (Phi) is 6.82. The van der Waals surface area contributed by atoms with Gasteiger partial charge in [0.1, 0.15) is 11.5 Å². The van der Waals surface area contributed by atoms with Crippen LogP contribution in [0.4, 0.5) is 5.69 Å². The predicted molar refractivity (Wildman–Crippen MR) is 122 cm³/mol. The van der Waals surface area contributed by atoms with Gasteiger partial charge in [-0.25, -0.2) is 13.1 Å². The maximum Gasteiger partial charge on any atom is 0.240 e. The zero-order valence-corrected chi connectivity index (χ0v) is 18.4. The van der Waals surface area contributed by atoms with Crippen molar-refractivity contribution in [3.63, 3.8) is 0 Å². The van der Waals surface area contributed by atoms with E-state index in [-0.39, 0.29) is 23.8 Å². The lowest BCUT2D eigenvalue weighted by molar-refractivity contribution is -0.116. The number of sulfonamides is 1. The summed E-state index contributed by atoms with van der Waals surface area (Å²) in [6.07, 6.45) is 7.45. The zero-order chi connectivity index (χ0) is 22.4. The first-order valence-electron chi connectivity index (χ1n) is 10.6. The number of carbonyl (C=O) groups is 1. The Balaban J connectivity index is 1.26. The Morgan fingerprint density at radius 1 is 0.906 bits per heavy atom. The van der Waals surface area contributed by atoms with Crippen LogP contribution >= 0.6 is 0 Å². The molecule has 1 aromatic heterocycles. The highest BCUT2D eigenvalue weighted by atomic mass is 32.2. The molecular weight excluding hydrogens is 426 g/mol. The van der Waals surface area contributed by atoms with Crippen LogP contribution in [0, 0.1) is 0 Å². The first-order valence-corrected chi connectivity index (χ1v) is 12.1. The van der Waals surface area contributed by atoms with Gasteiger partial charge in [0.25, 0.3) is 0 Å². The smallest absolute Gasteiger partial charge is 0.240 e. The van der Waals surface area contributed by atoms with E-state index < -0.39 is 10.0 Å². The van der Waals surface area contributed by atoms with Crippen LogP contribution in [0.5, 0.6) is 11.5 Å². The fourth-order valence-electron chi connectivity index (χ4n) is 3.63. The number of aryl methyl sites for hydroxylation is 2. The van der Waals surface area contributed by atoms with E-state index >= 15 is 0 Å². The second-order valence-corrected chi connectivity index (χ2v) is 9.41. The molecule has 0 radical (unpaired) electrons. The molecule has 1 heterocycles. The quantitative estimate of drug-likeness (QED) is 0.538. The number of benzene rings is 2. The maximum absolute atomic E-state index is 12.6. The van der Waals surface area contributed by atoms with Crippen LogP contribution in [-0.2, 0) is 27.7 Å². The minimum absolute atomic E-state index is 0.0223. The van der Waals surface area contributed by atoms with E-state index in [9.17, 15) is 13.2 Å². The van der Waals surface area contributed by atoms with Gasteiger partial charge in [-0.15, -0.1) is 0 Å². The number of fused-ring (bicyclic) bond motifs is 1. The number of anilines is 1. The molecule has 1 aliphatic rings. The molecular formula is C24H25N3O4S. The second-order valence-electron chi connectivity index (χ2n) is 7.64. The van der Waals surface area contributed by atoms with Crippen molar-refractivity contribution in [3.05, 3.63) is 78.1 Å². The second kappa shape index (κ2) is 9.93. The molecule has 1 amide bonds. The standard InChI is InChI=1S/C24H25N3O4S/c28-24(27-20-6-8-21(9-7-20)31-22-11-14-25-15-12-22)13-16-26-32(29,30)23-10-5-18-3-1-2-4-19(18)17-23/h5-12,14-15,17,26H,1-4,13,16H2,(H,27,28). The number of hydrogen-bond donors (Lipinski definition) is 2. The Bertz CT molecular complexity index is 1180. The molecule has 8 heteroatoms. The number of nitrogens with one attached hydrogen (secondary N) is 2. The van der Waals surface area contributed by atoms with Gasteiger partial charge >= 0.3 is 0 Å². The van der Waals surface area contributed by atoms with Gasteiger partial charge in [-0.3, -0.25) is 9.78 Å². The minimum atomic E-state index is -3.65. The van der Waals surface area contributed by atoms with Gasteiger partial charge in [0.05, 0.1) is 4.90 Å². The monoisotopic (exact) mass is 451 g/mol. The van der Waals surface area contributed by atoms with Crippen LogP contribution in [0.25, 0.3) is 0 Å². The number of amides is 1. The van der Waals surface area contributed by atoms with Gasteiger partial charge in [-0.1, -0.05) is 6.07 Å². The molecule has 1 aliphatic carbocycles. The number of pyridine rings is 1. The van der Waals surface area contributed by atoms with Crippen LogP contribution in [0.3, 0.4) is 0 Å². The predicted octanol–water partition coefficient (Wildman–Crippen LogP) is 4.06. The average Bonchev–Trinajstić information content (AvgIpc) is 2.80. The lowest BCUT2D eigenvalue weighted by atomic mass is 9.92. The topological polar surface area (TPSA) is 97.4 Å². The highest BCUT2D eigenvalue weighted by molar-refractivity contribution is 7.89. The van der Waals surface area contributed by atoms with Crippen LogP contribution in [0.1, 0.15) is 30.4 Å². The van der Waals surface area contributed by atoms with E-state index in [4.69, 9.17) is 4.74 Å². The van der Waals surface area contributed by atoms with Crippen molar-refractivity contribution in [2.75, 3.05) is 11.9 Å². The molecule has 2 N–H and O–H groups in total. The summed E-state index contributed by atoms with van der Waals surface area (Å²) in [5.41, 5.74) is 2.94. The van der Waals surface area contributed by atoms with Gasteiger partial charge in [-0.2, -0.15) is 0 Å². The number of aromatic nitrogens is 1. The van der Waals surface area contributed by atoms with E-state index in [0.717, 1.165) is 31.2 Å². The molecule has 0 unspecified atom stereocenters. The minimum Gasteiger partial charge on any atom is -0.457 e. The summed E-state index contributed by atoms with van der Waals surface area (Å²) in [7, 11) is -3.65. The Morgan fingerprint density at radius 2 is 1.59 bits per heavy atom. The molecule has 7 nitrogen and oxygen atoms in total. The summed E-state index contributed by atoms with van der Waals surface area (Å²) < 4.78 is 33.4. The Labute approximate surface area is 187 Å². The van der Waals surface area contributed by atoms with Gasteiger partial charge in [0, 0.05) is 31.0 Å². The van der Waals surface area contributed by atoms with Crippen molar-refractivity contribution in [1.29, 1.82) is 0 Å². The number of hydrogen-bond acceptors (Lipinski definition) is 5. The van der Waals surface area contributed by atoms with Gasteiger partial charge in [0.15, 0.2) is 0 Å². The Hall–Kier alpha value is -3.23. The summed E-state index contributed by atoms with van der Waals surface area (Å²) in [5, 5.41) is 2.76. The third-order valence-corrected chi connectivity index (χ3v) is 6.76. The number of rotatable bonds is 8. The molecule has 32 heavy (non-hydrogen) atoms. The van der Waals surface area contributed by atoms with Crippen molar-refractivity contribution < 1.29 is 17.9 Å². The maximum atomic E-state index is 12.6. The van der Waals surface area contributed by atoms with E-state index in [1.54, 1.807) is 60.9 Å². The first kappa shape index (κ1) is 22.0. The van der Waals surface area contributed by atoms with Crippen LogP contribution in [0.15, 0.2) is 71.9 Å². The fourth-order valence-corrected chi connectivity index (χ4v) is 4.71. The first-order chi connectivity index (χ1) is 15.5. The highest BCUT2D eigenvalue weighted by Crippen LogP contribution is 2.24. The van der Waals surface area contributed by atoms with E-state index in [2.05, 4.69) is 15.0 Å². The third-order valence-electron chi connectivity index (χ3n) is 5.30. The fraction of sp³-hybridized carbons (Fsp3) is 0.250. The zero-order valence-electron chi connectivity index (χ0n) is 17.6. The van der Waals surface area contributed by atoms with Crippen molar-refractivity contribution in [1.82, 2.24) is 9.71 Å².